The van der Waals surface area contributed by atoms with Gasteiger partial charge in [-0.3, -0.25) is 4.90 Å². The molecule has 0 bridgehead atoms. The van der Waals surface area contributed by atoms with E-state index in [2.05, 4.69) is 4.90 Å². The molecule has 11 heavy (non-hydrogen) atoms. The highest BCUT2D eigenvalue weighted by atomic mass is 35.5. The summed E-state index contributed by atoms with van der Waals surface area (Å²) in [5.41, 5.74) is 1.53. The molecule has 1 atom stereocenters. The molecule has 1 rings (SSSR count). The summed E-state index contributed by atoms with van der Waals surface area (Å²) in [6.07, 6.45) is 4.23. The molecule has 1 fully saturated rings. The van der Waals surface area contributed by atoms with E-state index >= 15 is 0 Å². The largest absolute Gasteiger partial charge is 0.395 e. The second-order valence-electron chi connectivity index (χ2n) is 2.84. The van der Waals surface area contributed by atoms with Crippen LogP contribution in [0, 0.1) is 0 Å². The number of nitrogens with zero attached hydrogens (tertiary/aromatic N) is 1. The van der Waals surface area contributed by atoms with Gasteiger partial charge < -0.3 is 5.11 Å². The average molecular weight is 176 g/mol. The van der Waals surface area contributed by atoms with E-state index in [0.29, 0.717) is 6.04 Å². The van der Waals surface area contributed by atoms with E-state index < -0.39 is 0 Å². The van der Waals surface area contributed by atoms with Crippen LogP contribution in [0.3, 0.4) is 0 Å². The van der Waals surface area contributed by atoms with E-state index in [1.807, 2.05) is 6.08 Å². The molecule has 0 spiro atoms. The molecule has 0 saturated carbocycles. The van der Waals surface area contributed by atoms with Crippen molar-refractivity contribution in [3.05, 3.63) is 11.6 Å². The lowest BCUT2D eigenvalue weighted by molar-refractivity contribution is 0.170. The van der Waals surface area contributed by atoms with Gasteiger partial charge in [-0.25, -0.2) is 0 Å². The molecule has 0 aliphatic carbocycles. The van der Waals surface area contributed by atoms with Crippen LogP contribution in [0.5, 0.6) is 0 Å². The smallest absolute Gasteiger partial charge is 0.0587 e. The average Bonchev–Trinajstić information content (AvgIpc) is 2.47. The van der Waals surface area contributed by atoms with Crippen LogP contribution in [0.15, 0.2) is 11.6 Å². The highest BCUT2D eigenvalue weighted by molar-refractivity contribution is 6.25. The summed E-state index contributed by atoms with van der Waals surface area (Å²) in [4.78, 5) is 2.25. The maximum atomic E-state index is 8.94. The Morgan fingerprint density at radius 1 is 1.64 bits per heavy atom. The lowest BCUT2D eigenvalue weighted by Gasteiger charge is -2.20. The molecule has 1 saturated heterocycles. The fraction of sp³-hybridized carbons (Fsp3) is 0.750. The van der Waals surface area contributed by atoms with Crippen LogP contribution < -0.4 is 0 Å². The van der Waals surface area contributed by atoms with Crippen LogP contribution in [0.25, 0.3) is 0 Å². The molecule has 0 radical (unpaired) electrons. The van der Waals surface area contributed by atoms with Crippen LogP contribution in [-0.4, -0.2) is 35.7 Å². The van der Waals surface area contributed by atoms with E-state index in [-0.39, 0.29) is 6.61 Å². The Labute approximate surface area is 72.5 Å². The lowest BCUT2D eigenvalue weighted by atomic mass is 10.2. The van der Waals surface area contributed by atoms with Gasteiger partial charge >= 0.3 is 0 Å². The minimum absolute atomic E-state index is 0.274. The van der Waals surface area contributed by atoms with Crippen molar-refractivity contribution in [2.24, 2.45) is 0 Å². The molecule has 1 N–H and O–H groups in total. The minimum atomic E-state index is 0.274. The summed E-state index contributed by atoms with van der Waals surface area (Å²) in [5.74, 6) is 0. The van der Waals surface area contributed by atoms with E-state index in [1.165, 1.54) is 12.0 Å². The fourth-order valence-electron chi connectivity index (χ4n) is 1.52. The summed E-state index contributed by atoms with van der Waals surface area (Å²) >= 11 is 5.40. The monoisotopic (exact) mass is 175 g/mol. The highest BCUT2D eigenvalue weighted by Gasteiger charge is 2.21. The first kappa shape index (κ1) is 9.04. The molecule has 0 aromatic heterocycles. The maximum Gasteiger partial charge on any atom is 0.0587 e. The molecule has 64 valence electrons. The number of aliphatic hydroxyl groups is 1. The van der Waals surface area contributed by atoms with Crippen LogP contribution in [0.1, 0.15) is 12.8 Å². The number of aliphatic hydroxyl groups excluding tert-OH is 1. The topological polar surface area (TPSA) is 23.5 Å². The SMILES string of the molecule is OCC1CCCN1C/C=C/Cl. The van der Waals surface area contributed by atoms with Crippen LogP contribution >= 0.6 is 11.6 Å². The van der Waals surface area contributed by atoms with E-state index in [1.54, 1.807) is 0 Å². The Kier molecular flexibility index (Phi) is 3.91. The van der Waals surface area contributed by atoms with Crippen molar-refractivity contribution >= 4 is 11.6 Å². The van der Waals surface area contributed by atoms with Gasteiger partial charge in [0, 0.05) is 18.1 Å². The molecule has 0 amide bonds. The molecule has 3 heteroatoms. The van der Waals surface area contributed by atoms with Gasteiger partial charge in [-0.2, -0.15) is 0 Å². The van der Waals surface area contributed by atoms with Gasteiger partial charge in [-0.15, -0.1) is 0 Å². The third-order valence-corrected chi connectivity index (χ3v) is 2.32. The van der Waals surface area contributed by atoms with Crippen molar-refractivity contribution in [2.45, 2.75) is 18.9 Å². The Morgan fingerprint density at radius 3 is 3.09 bits per heavy atom. The molecule has 0 aromatic rings. The van der Waals surface area contributed by atoms with Crippen molar-refractivity contribution in [3.63, 3.8) is 0 Å². The molecule has 2 nitrogen and oxygen atoms in total. The van der Waals surface area contributed by atoms with E-state index in [4.69, 9.17) is 16.7 Å². The number of likely N-dealkylation sites (tertiary alicyclic amines) is 1. The van der Waals surface area contributed by atoms with Gasteiger partial charge in [-0.05, 0) is 19.4 Å². The Bertz CT molecular complexity index is 138. The van der Waals surface area contributed by atoms with Gasteiger partial charge in [0.1, 0.15) is 0 Å². The fourth-order valence-corrected chi connectivity index (χ4v) is 1.60. The molecule has 1 aliphatic heterocycles. The van der Waals surface area contributed by atoms with Crippen molar-refractivity contribution in [2.75, 3.05) is 19.7 Å². The second-order valence-corrected chi connectivity index (χ2v) is 3.09. The third kappa shape index (κ3) is 2.47. The van der Waals surface area contributed by atoms with Crippen molar-refractivity contribution in [1.82, 2.24) is 4.90 Å². The molecular formula is C8H14ClNO. The standard InChI is InChI=1S/C8H14ClNO/c9-4-2-6-10-5-1-3-8(10)7-11/h2,4,8,11H,1,3,5-7H2/b4-2+. The summed E-state index contributed by atoms with van der Waals surface area (Å²) < 4.78 is 0. The predicted molar refractivity (Wildman–Crippen MR) is 46.7 cm³/mol. The van der Waals surface area contributed by atoms with E-state index in [9.17, 15) is 0 Å². The summed E-state index contributed by atoms with van der Waals surface area (Å²) in [5, 5.41) is 8.94. The summed E-state index contributed by atoms with van der Waals surface area (Å²) in [6, 6.07) is 0.364. The van der Waals surface area contributed by atoms with Gasteiger partial charge in [0.25, 0.3) is 0 Å². The number of hydrogen-bond donors (Lipinski definition) is 1. The minimum Gasteiger partial charge on any atom is -0.395 e. The zero-order chi connectivity index (χ0) is 8.10. The molecule has 0 aromatic carbocycles. The van der Waals surface area contributed by atoms with Crippen LogP contribution in [0.2, 0.25) is 0 Å². The Morgan fingerprint density at radius 2 is 2.45 bits per heavy atom. The molecule has 1 aliphatic rings. The first-order chi connectivity index (χ1) is 5.38. The Hall–Kier alpha value is -0.0500. The third-order valence-electron chi connectivity index (χ3n) is 2.14. The first-order valence-corrected chi connectivity index (χ1v) is 4.42. The van der Waals surface area contributed by atoms with Gasteiger partial charge in [0.2, 0.25) is 0 Å². The van der Waals surface area contributed by atoms with Gasteiger partial charge in [-0.1, -0.05) is 17.7 Å². The number of halogens is 1. The molecule has 1 heterocycles. The van der Waals surface area contributed by atoms with Gasteiger partial charge in [0.05, 0.1) is 6.61 Å². The lowest BCUT2D eigenvalue weighted by Crippen LogP contribution is -2.32. The quantitative estimate of drug-likeness (QED) is 0.697. The number of hydrogen-bond acceptors (Lipinski definition) is 2. The summed E-state index contributed by atoms with van der Waals surface area (Å²) in [6.45, 7) is 2.23. The zero-order valence-corrected chi connectivity index (χ0v) is 7.30. The van der Waals surface area contributed by atoms with Crippen LogP contribution in [0.4, 0.5) is 0 Å². The van der Waals surface area contributed by atoms with Crippen molar-refractivity contribution in [3.8, 4) is 0 Å². The predicted octanol–water partition coefficient (Wildman–Crippen LogP) is 1.20. The zero-order valence-electron chi connectivity index (χ0n) is 6.54. The van der Waals surface area contributed by atoms with Gasteiger partial charge in [0.15, 0.2) is 0 Å². The first-order valence-electron chi connectivity index (χ1n) is 3.98. The van der Waals surface area contributed by atoms with Crippen LogP contribution in [-0.2, 0) is 0 Å². The van der Waals surface area contributed by atoms with Crippen molar-refractivity contribution < 1.29 is 5.11 Å². The maximum absolute atomic E-state index is 8.94. The highest BCUT2D eigenvalue weighted by Crippen LogP contribution is 2.15. The normalized spacial score (nSPS) is 26.9. The Balaban J connectivity index is 2.31. The second kappa shape index (κ2) is 4.75. The van der Waals surface area contributed by atoms with E-state index in [0.717, 1.165) is 19.5 Å². The molecule has 1 unspecified atom stereocenters. The number of rotatable bonds is 3. The van der Waals surface area contributed by atoms with Crippen molar-refractivity contribution in [1.29, 1.82) is 0 Å². The summed E-state index contributed by atoms with van der Waals surface area (Å²) in [7, 11) is 0. The molecular weight excluding hydrogens is 162 g/mol.